The minimum atomic E-state index is 0.278. The van der Waals surface area contributed by atoms with E-state index in [0.717, 1.165) is 12.3 Å². The molecule has 142 valence electrons. The Morgan fingerprint density at radius 2 is 1.29 bits per heavy atom. The van der Waals surface area contributed by atoms with Crippen LogP contribution in [-0.4, -0.2) is 5.78 Å². The third-order valence-electron chi connectivity index (χ3n) is 4.08. The maximum atomic E-state index is 10.7. The summed E-state index contributed by atoms with van der Waals surface area (Å²) in [7, 11) is 0. The molecule has 1 nitrogen and oxygen atoms in total. The van der Waals surface area contributed by atoms with Gasteiger partial charge in [0.2, 0.25) is 0 Å². The molecule has 0 aliphatic rings. The number of carbonyl (C=O) groups is 1. The summed E-state index contributed by atoms with van der Waals surface area (Å²) in [6.45, 7) is 20.9. The number of benzene rings is 1. The van der Waals surface area contributed by atoms with Gasteiger partial charge in [0.25, 0.3) is 0 Å². The lowest BCUT2D eigenvalue weighted by molar-refractivity contribution is -0.122. The molecule has 1 atom stereocenters. The van der Waals surface area contributed by atoms with E-state index in [1.165, 1.54) is 24.0 Å². The van der Waals surface area contributed by atoms with Crippen LogP contribution in [0.2, 0.25) is 0 Å². The van der Waals surface area contributed by atoms with Crippen molar-refractivity contribution in [3.05, 3.63) is 35.4 Å². The largest absolute Gasteiger partial charge is 0.299 e. The Balaban J connectivity index is -0.000000265. The molecule has 0 aliphatic carbocycles. The molecule has 0 amide bonds. The van der Waals surface area contributed by atoms with E-state index in [1.807, 2.05) is 34.6 Å². The number of aryl methyl sites for hydroxylation is 2. The minimum absolute atomic E-state index is 0.278. The molecule has 0 spiro atoms. The van der Waals surface area contributed by atoms with Crippen LogP contribution < -0.4 is 0 Å². The van der Waals surface area contributed by atoms with E-state index in [2.05, 4.69) is 58.9 Å². The molecule has 1 rings (SSSR count). The molecule has 0 fully saturated rings. The van der Waals surface area contributed by atoms with Crippen LogP contribution in [0.5, 0.6) is 0 Å². The quantitative estimate of drug-likeness (QED) is 0.536. The monoisotopic (exact) mass is 336 g/mol. The first-order valence-electron chi connectivity index (χ1n) is 9.88. The molecular weight excluding hydrogens is 292 g/mol. The van der Waals surface area contributed by atoms with Gasteiger partial charge in [0.05, 0.1) is 0 Å². The van der Waals surface area contributed by atoms with Crippen LogP contribution >= 0.6 is 0 Å². The summed E-state index contributed by atoms with van der Waals surface area (Å²) in [4.78, 5) is 10.7. The molecule has 0 aliphatic heterocycles. The standard InChI is InChI=1S/C8H10.C7H14O.C6H14.C2H6/c1-7-4-3-5-8(2)6-7;1-4-6(3)7(8)5-2;1-4-6(3)5-2;1-2/h3-6H,1-2H3;6H,4-5H2,1-3H3;6H,4-5H2,1-3H3;1-2H3. The summed E-state index contributed by atoms with van der Waals surface area (Å²) in [6.07, 6.45) is 4.33. The van der Waals surface area contributed by atoms with Crippen LogP contribution in [0, 0.1) is 25.7 Å². The Kier molecular flexibility index (Phi) is 23.0. The van der Waals surface area contributed by atoms with Gasteiger partial charge in [-0.3, -0.25) is 4.79 Å². The van der Waals surface area contributed by atoms with Crippen molar-refractivity contribution >= 4 is 5.78 Å². The number of carbonyl (C=O) groups excluding carboxylic acids is 1. The molecule has 0 aromatic heterocycles. The third kappa shape index (κ3) is 18.9. The second kappa shape index (κ2) is 19.9. The fourth-order valence-electron chi connectivity index (χ4n) is 1.67. The molecule has 24 heavy (non-hydrogen) atoms. The summed E-state index contributed by atoms with van der Waals surface area (Å²) in [5.74, 6) is 1.59. The van der Waals surface area contributed by atoms with Gasteiger partial charge in [-0.15, -0.1) is 0 Å². The molecule has 0 heterocycles. The highest BCUT2D eigenvalue weighted by Gasteiger charge is 2.05. The Morgan fingerprint density at radius 1 is 0.875 bits per heavy atom. The van der Waals surface area contributed by atoms with Crippen LogP contribution in [0.25, 0.3) is 0 Å². The van der Waals surface area contributed by atoms with Gasteiger partial charge >= 0.3 is 0 Å². The lowest BCUT2D eigenvalue weighted by Gasteiger charge is -2.02. The first-order valence-corrected chi connectivity index (χ1v) is 9.88. The molecule has 0 saturated carbocycles. The number of ketones is 1. The summed E-state index contributed by atoms with van der Waals surface area (Å²) in [5.41, 5.74) is 2.68. The van der Waals surface area contributed by atoms with Gasteiger partial charge in [-0.2, -0.15) is 0 Å². The summed E-state index contributed by atoms with van der Waals surface area (Å²) in [6, 6.07) is 8.45. The molecule has 1 unspecified atom stereocenters. The van der Waals surface area contributed by atoms with E-state index >= 15 is 0 Å². The van der Waals surface area contributed by atoms with Gasteiger partial charge in [0.15, 0.2) is 0 Å². The van der Waals surface area contributed by atoms with Crippen molar-refractivity contribution in [1.29, 1.82) is 0 Å². The molecule has 0 bridgehead atoms. The zero-order valence-electron chi connectivity index (χ0n) is 18.2. The van der Waals surface area contributed by atoms with Crippen LogP contribution in [-0.2, 0) is 4.79 Å². The maximum Gasteiger partial charge on any atom is 0.135 e. The third-order valence-corrected chi connectivity index (χ3v) is 4.08. The van der Waals surface area contributed by atoms with Crippen LogP contribution in [0.3, 0.4) is 0 Å². The minimum Gasteiger partial charge on any atom is -0.299 e. The van der Waals surface area contributed by atoms with Crippen molar-refractivity contribution in [3.63, 3.8) is 0 Å². The highest BCUT2D eigenvalue weighted by Crippen LogP contribution is 2.03. The topological polar surface area (TPSA) is 17.1 Å². The van der Waals surface area contributed by atoms with E-state index in [1.54, 1.807) is 0 Å². The highest BCUT2D eigenvalue weighted by molar-refractivity contribution is 5.80. The van der Waals surface area contributed by atoms with E-state index in [0.29, 0.717) is 12.2 Å². The fourth-order valence-corrected chi connectivity index (χ4v) is 1.67. The second-order valence-electron chi connectivity index (χ2n) is 6.21. The second-order valence-corrected chi connectivity index (χ2v) is 6.21. The molecule has 1 aromatic rings. The van der Waals surface area contributed by atoms with E-state index < -0.39 is 0 Å². The predicted molar refractivity (Wildman–Crippen MR) is 112 cm³/mol. The van der Waals surface area contributed by atoms with Gasteiger partial charge in [0.1, 0.15) is 5.78 Å². The molecule has 0 radical (unpaired) electrons. The van der Waals surface area contributed by atoms with Gasteiger partial charge in [0, 0.05) is 12.3 Å². The zero-order chi connectivity index (χ0) is 19.5. The Hall–Kier alpha value is -1.11. The van der Waals surface area contributed by atoms with Gasteiger partial charge in [-0.05, 0) is 26.2 Å². The Labute approximate surface area is 153 Å². The average molecular weight is 337 g/mol. The molecule has 0 N–H and O–H groups in total. The van der Waals surface area contributed by atoms with E-state index in [9.17, 15) is 4.79 Å². The fraction of sp³-hybridized carbons (Fsp3) is 0.696. The lowest BCUT2D eigenvalue weighted by atomic mass is 10.0. The first-order chi connectivity index (χ1) is 11.3. The molecular formula is C23H44O. The zero-order valence-corrected chi connectivity index (χ0v) is 18.2. The average Bonchev–Trinajstić information content (AvgIpc) is 2.62. The highest BCUT2D eigenvalue weighted by atomic mass is 16.1. The summed E-state index contributed by atoms with van der Waals surface area (Å²) in [5, 5.41) is 0. The summed E-state index contributed by atoms with van der Waals surface area (Å²) >= 11 is 0. The van der Waals surface area contributed by atoms with Crippen molar-refractivity contribution in [2.75, 3.05) is 0 Å². The predicted octanol–water partition coefficient (Wildman–Crippen LogP) is 7.78. The maximum absolute atomic E-state index is 10.7. The van der Waals surface area contributed by atoms with Crippen LogP contribution in [0.1, 0.15) is 92.2 Å². The van der Waals surface area contributed by atoms with Crippen molar-refractivity contribution in [1.82, 2.24) is 0 Å². The molecule has 0 saturated heterocycles. The number of Topliss-reactive ketones (excluding diaryl/α,β-unsaturated/α-hetero) is 1. The van der Waals surface area contributed by atoms with Gasteiger partial charge < -0.3 is 0 Å². The van der Waals surface area contributed by atoms with Crippen molar-refractivity contribution < 1.29 is 4.79 Å². The van der Waals surface area contributed by atoms with Gasteiger partial charge in [-0.1, -0.05) is 104 Å². The Morgan fingerprint density at radius 3 is 1.42 bits per heavy atom. The summed E-state index contributed by atoms with van der Waals surface area (Å²) < 4.78 is 0. The van der Waals surface area contributed by atoms with Crippen LogP contribution in [0.15, 0.2) is 24.3 Å². The molecule has 1 heteroatoms. The lowest BCUT2D eigenvalue weighted by Crippen LogP contribution is -2.06. The smallest absolute Gasteiger partial charge is 0.135 e. The molecule has 1 aromatic carbocycles. The van der Waals surface area contributed by atoms with Crippen LogP contribution in [0.4, 0.5) is 0 Å². The SMILES string of the molecule is CC.CCC(=O)C(C)CC.CCC(C)CC.Cc1cccc(C)c1. The van der Waals surface area contributed by atoms with Crippen molar-refractivity contribution in [2.24, 2.45) is 11.8 Å². The number of hydrogen-bond acceptors (Lipinski definition) is 1. The van der Waals surface area contributed by atoms with Crippen molar-refractivity contribution in [2.45, 2.75) is 94.9 Å². The van der Waals surface area contributed by atoms with Gasteiger partial charge in [-0.25, -0.2) is 0 Å². The van der Waals surface area contributed by atoms with E-state index in [-0.39, 0.29) is 5.92 Å². The van der Waals surface area contributed by atoms with E-state index in [4.69, 9.17) is 0 Å². The van der Waals surface area contributed by atoms with Crippen molar-refractivity contribution in [3.8, 4) is 0 Å². The number of rotatable bonds is 5. The number of hydrogen-bond donors (Lipinski definition) is 0. The first kappa shape index (κ1) is 27.7. The normalized spacial score (nSPS) is 10.3. The Bertz CT molecular complexity index is 360.